The van der Waals surface area contributed by atoms with Gasteiger partial charge >= 0.3 is 0 Å². The Bertz CT molecular complexity index is 628. The minimum Gasteiger partial charge on any atom is -0.492 e. The number of hydrogen-bond donors (Lipinski definition) is 1. The number of anilines is 1. The zero-order valence-electron chi connectivity index (χ0n) is 12.5. The number of nitrogens with one attached hydrogen (secondary N) is 1. The van der Waals surface area contributed by atoms with Gasteiger partial charge in [-0.3, -0.25) is 4.79 Å². The van der Waals surface area contributed by atoms with Crippen LogP contribution in [0.2, 0.25) is 5.02 Å². The molecule has 2 aromatic rings. The third-order valence-electron chi connectivity index (χ3n) is 2.94. The molecule has 0 radical (unpaired) electrons. The molecular formula is C17H18ClNO3. The van der Waals surface area contributed by atoms with Gasteiger partial charge in [-0.15, -0.1) is 0 Å². The summed E-state index contributed by atoms with van der Waals surface area (Å²) in [7, 11) is 0. The Hall–Kier alpha value is -2.20. The van der Waals surface area contributed by atoms with E-state index in [1.165, 1.54) is 0 Å². The van der Waals surface area contributed by atoms with Gasteiger partial charge in [-0.05, 0) is 50.2 Å². The maximum absolute atomic E-state index is 12.2. The van der Waals surface area contributed by atoms with E-state index in [0.29, 0.717) is 28.8 Å². The Balaban J connectivity index is 2.01. The van der Waals surface area contributed by atoms with Crippen LogP contribution in [-0.2, 0) is 4.79 Å². The van der Waals surface area contributed by atoms with Crippen molar-refractivity contribution in [2.75, 3.05) is 11.9 Å². The number of benzene rings is 2. The molecule has 4 nitrogen and oxygen atoms in total. The molecule has 0 aliphatic heterocycles. The largest absolute Gasteiger partial charge is 0.492 e. The van der Waals surface area contributed by atoms with Gasteiger partial charge in [0.05, 0.1) is 12.3 Å². The molecule has 0 unspecified atom stereocenters. The Morgan fingerprint density at radius 2 is 1.86 bits per heavy atom. The van der Waals surface area contributed by atoms with Crippen LogP contribution in [-0.4, -0.2) is 18.6 Å². The third kappa shape index (κ3) is 4.40. The van der Waals surface area contributed by atoms with Crippen molar-refractivity contribution in [3.8, 4) is 11.5 Å². The fraction of sp³-hybridized carbons (Fsp3) is 0.235. The smallest absolute Gasteiger partial charge is 0.265 e. The molecule has 116 valence electrons. The van der Waals surface area contributed by atoms with Gasteiger partial charge in [0.15, 0.2) is 6.10 Å². The Morgan fingerprint density at radius 1 is 1.18 bits per heavy atom. The lowest BCUT2D eigenvalue weighted by molar-refractivity contribution is -0.122. The van der Waals surface area contributed by atoms with Gasteiger partial charge in [0.25, 0.3) is 5.91 Å². The molecular weight excluding hydrogens is 302 g/mol. The lowest BCUT2D eigenvalue weighted by atomic mass is 10.2. The summed E-state index contributed by atoms with van der Waals surface area (Å²) in [6.45, 7) is 4.11. The highest BCUT2D eigenvalue weighted by molar-refractivity contribution is 6.30. The second-order valence-corrected chi connectivity index (χ2v) is 5.07. The summed E-state index contributed by atoms with van der Waals surface area (Å²) < 4.78 is 11.1. The van der Waals surface area contributed by atoms with Crippen LogP contribution >= 0.6 is 11.6 Å². The number of carbonyl (C=O) groups excluding carboxylic acids is 1. The van der Waals surface area contributed by atoms with E-state index in [1.54, 1.807) is 37.3 Å². The molecule has 1 amide bonds. The highest BCUT2D eigenvalue weighted by atomic mass is 35.5. The summed E-state index contributed by atoms with van der Waals surface area (Å²) >= 11 is 5.82. The fourth-order valence-corrected chi connectivity index (χ4v) is 1.98. The molecule has 0 aliphatic carbocycles. The van der Waals surface area contributed by atoms with Crippen molar-refractivity contribution in [3.63, 3.8) is 0 Å². The maximum atomic E-state index is 12.2. The number of halogens is 1. The lowest BCUT2D eigenvalue weighted by Gasteiger charge is -2.16. The zero-order valence-corrected chi connectivity index (χ0v) is 13.3. The highest BCUT2D eigenvalue weighted by Crippen LogP contribution is 2.24. The number of para-hydroxylation sites is 2. The van der Waals surface area contributed by atoms with Gasteiger partial charge < -0.3 is 14.8 Å². The molecule has 1 N–H and O–H groups in total. The van der Waals surface area contributed by atoms with E-state index < -0.39 is 6.10 Å². The van der Waals surface area contributed by atoms with Crippen molar-refractivity contribution in [3.05, 3.63) is 53.6 Å². The second kappa shape index (κ2) is 7.71. The monoisotopic (exact) mass is 319 g/mol. The van der Waals surface area contributed by atoms with E-state index in [2.05, 4.69) is 5.32 Å². The first-order chi connectivity index (χ1) is 10.6. The molecule has 2 rings (SSSR count). The standard InChI is InChI=1S/C17H18ClNO3/c1-3-21-16-7-5-4-6-15(16)19-17(20)12(2)22-14-10-8-13(18)9-11-14/h4-12H,3H2,1-2H3,(H,19,20)/t12-/m1/s1. The summed E-state index contributed by atoms with van der Waals surface area (Å²) in [5.41, 5.74) is 0.626. The molecule has 0 aromatic heterocycles. The molecule has 0 bridgehead atoms. The second-order valence-electron chi connectivity index (χ2n) is 4.63. The van der Waals surface area contributed by atoms with Crippen LogP contribution in [0.15, 0.2) is 48.5 Å². The van der Waals surface area contributed by atoms with Crippen molar-refractivity contribution >= 4 is 23.2 Å². The van der Waals surface area contributed by atoms with Crippen LogP contribution < -0.4 is 14.8 Å². The molecule has 2 aromatic carbocycles. The number of amides is 1. The van der Waals surface area contributed by atoms with Gasteiger partial charge in [-0.25, -0.2) is 0 Å². The molecule has 1 atom stereocenters. The molecule has 0 spiro atoms. The van der Waals surface area contributed by atoms with E-state index in [1.807, 2.05) is 25.1 Å². The molecule has 5 heteroatoms. The summed E-state index contributed by atoms with van der Waals surface area (Å²) in [5.74, 6) is 0.976. The van der Waals surface area contributed by atoms with Crippen LogP contribution in [0, 0.1) is 0 Å². The molecule has 0 saturated carbocycles. The zero-order chi connectivity index (χ0) is 15.9. The van der Waals surface area contributed by atoms with Crippen molar-refractivity contribution in [2.45, 2.75) is 20.0 Å². The average Bonchev–Trinajstić information content (AvgIpc) is 2.51. The number of rotatable bonds is 6. The Kier molecular flexibility index (Phi) is 5.67. The normalized spacial score (nSPS) is 11.6. The van der Waals surface area contributed by atoms with Crippen molar-refractivity contribution < 1.29 is 14.3 Å². The maximum Gasteiger partial charge on any atom is 0.265 e. The lowest BCUT2D eigenvalue weighted by Crippen LogP contribution is -2.30. The molecule has 0 heterocycles. The first-order valence-corrected chi connectivity index (χ1v) is 7.43. The Labute approximate surface area is 135 Å². The third-order valence-corrected chi connectivity index (χ3v) is 3.19. The quantitative estimate of drug-likeness (QED) is 0.870. The predicted molar refractivity (Wildman–Crippen MR) is 87.8 cm³/mol. The predicted octanol–water partition coefficient (Wildman–Crippen LogP) is 4.14. The Morgan fingerprint density at radius 3 is 2.55 bits per heavy atom. The summed E-state index contributed by atoms with van der Waals surface area (Å²) in [4.78, 5) is 12.2. The molecule has 0 fully saturated rings. The van der Waals surface area contributed by atoms with E-state index in [4.69, 9.17) is 21.1 Å². The van der Waals surface area contributed by atoms with Crippen LogP contribution in [0.3, 0.4) is 0 Å². The first-order valence-electron chi connectivity index (χ1n) is 7.05. The first kappa shape index (κ1) is 16.2. The van der Waals surface area contributed by atoms with Crippen molar-refractivity contribution in [2.24, 2.45) is 0 Å². The number of hydrogen-bond acceptors (Lipinski definition) is 3. The van der Waals surface area contributed by atoms with Gasteiger partial charge in [0.2, 0.25) is 0 Å². The topological polar surface area (TPSA) is 47.6 Å². The van der Waals surface area contributed by atoms with E-state index in [0.717, 1.165) is 0 Å². The minimum absolute atomic E-state index is 0.248. The van der Waals surface area contributed by atoms with Crippen molar-refractivity contribution in [1.82, 2.24) is 0 Å². The van der Waals surface area contributed by atoms with Crippen LogP contribution in [0.25, 0.3) is 0 Å². The van der Waals surface area contributed by atoms with Gasteiger partial charge in [0, 0.05) is 5.02 Å². The van der Waals surface area contributed by atoms with Gasteiger partial charge in [-0.1, -0.05) is 23.7 Å². The van der Waals surface area contributed by atoms with E-state index in [9.17, 15) is 4.79 Å². The van der Waals surface area contributed by atoms with E-state index in [-0.39, 0.29) is 5.91 Å². The van der Waals surface area contributed by atoms with Gasteiger partial charge in [0.1, 0.15) is 11.5 Å². The van der Waals surface area contributed by atoms with Crippen LogP contribution in [0.5, 0.6) is 11.5 Å². The SMILES string of the molecule is CCOc1ccccc1NC(=O)[C@@H](C)Oc1ccc(Cl)cc1. The number of ether oxygens (including phenoxy) is 2. The molecule has 0 aliphatic rings. The number of carbonyl (C=O) groups is 1. The molecule has 0 saturated heterocycles. The van der Waals surface area contributed by atoms with E-state index >= 15 is 0 Å². The van der Waals surface area contributed by atoms with Crippen LogP contribution in [0.4, 0.5) is 5.69 Å². The van der Waals surface area contributed by atoms with Crippen molar-refractivity contribution in [1.29, 1.82) is 0 Å². The highest BCUT2D eigenvalue weighted by Gasteiger charge is 2.16. The average molecular weight is 320 g/mol. The minimum atomic E-state index is -0.643. The van der Waals surface area contributed by atoms with Gasteiger partial charge in [-0.2, -0.15) is 0 Å². The van der Waals surface area contributed by atoms with Crippen LogP contribution in [0.1, 0.15) is 13.8 Å². The summed E-state index contributed by atoms with van der Waals surface area (Å²) in [5, 5.41) is 3.43. The fourth-order valence-electron chi connectivity index (χ4n) is 1.86. The summed E-state index contributed by atoms with van der Waals surface area (Å²) in [6, 6.07) is 14.2. The molecule has 22 heavy (non-hydrogen) atoms. The summed E-state index contributed by atoms with van der Waals surface area (Å²) in [6.07, 6.45) is -0.643.